The Bertz CT molecular complexity index is 719. The minimum absolute atomic E-state index is 0.207. The van der Waals surface area contributed by atoms with Gasteiger partial charge < -0.3 is 4.74 Å². The Hall–Kier alpha value is -2.21. The van der Waals surface area contributed by atoms with Crippen LogP contribution in [-0.2, 0) is 0 Å². The molecule has 6 heteroatoms. The molecule has 21 heavy (non-hydrogen) atoms. The van der Waals surface area contributed by atoms with Gasteiger partial charge in [0.1, 0.15) is 5.75 Å². The highest BCUT2D eigenvalue weighted by atomic mass is 79.9. The summed E-state index contributed by atoms with van der Waals surface area (Å²) in [4.78, 5) is 23.5. The molecule has 0 spiro atoms. The molecule has 1 aliphatic rings. The smallest absolute Gasteiger partial charge is 0.376 e. The molecule has 2 unspecified atom stereocenters. The Morgan fingerprint density at radius 2 is 1.71 bits per heavy atom. The molecule has 0 aromatic heterocycles. The summed E-state index contributed by atoms with van der Waals surface area (Å²) in [5, 5.41) is 11.5. The van der Waals surface area contributed by atoms with Crippen LogP contribution in [0.1, 0.15) is 22.0 Å². The number of ketones is 1. The summed E-state index contributed by atoms with van der Waals surface area (Å²) in [5.41, 5.74) is 0.771. The fourth-order valence-electron chi connectivity index (χ4n) is 2.37. The molecule has 2 atom stereocenters. The normalized spacial score (nSPS) is 24.0. The number of carbonyl (C=O) groups excluding carboxylic acids is 1. The number of carbonyl (C=O) groups is 1. The number of nitro groups is 1. The molecular weight excluding hydrogens is 338 g/mol. The molecule has 0 fully saturated rings. The highest BCUT2D eigenvalue weighted by Gasteiger charge is 2.61. The second-order valence-electron chi connectivity index (χ2n) is 4.66. The molecule has 1 heterocycles. The van der Waals surface area contributed by atoms with Gasteiger partial charge in [0.15, 0.2) is 0 Å². The van der Waals surface area contributed by atoms with Crippen molar-refractivity contribution in [3.05, 3.63) is 75.8 Å². The predicted octanol–water partition coefficient (Wildman–Crippen LogP) is 3.37. The molecule has 0 aliphatic carbocycles. The number of Topliss-reactive ketones (excluding diaryl/α,β-unsaturated/α-hetero) is 1. The molecule has 0 amide bonds. The van der Waals surface area contributed by atoms with Gasteiger partial charge in [-0.25, -0.2) is 0 Å². The standard InChI is InChI=1S/C15H10BrNO4/c16-15(17(19)20)13(18)11-8-4-5-9-12(11)21-14(15)10-6-2-1-3-7-10/h1-9,14H. The predicted molar refractivity (Wildman–Crippen MR) is 79.2 cm³/mol. The van der Waals surface area contributed by atoms with Crippen LogP contribution < -0.4 is 4.74 Å². The van der Waals surface area contributed by atoms with Crippen molar-refractivity contribution in [2.24, 2.45) is 0 Å². The van der Waals surface area contributed by atoms with Crippen molar-refractivity contribution in [1.29, 1.82) is 0 Å². The van der Waals surface area contributed by atoms with Crippen LogP contribution in [0.2, 0.25) is 0 Å². The van der Waals surface area contributed by atoms with Crippen LogP contribution in [0.5, 0.6) is 5.75 Å². The van der Waals surface area contributed by atoms with Crippen molar-refractivity contribution >= 4 is 21.7 Å². The summed E-state index contributed by atoms with van der Waals surface area (Å²) in [7, 11) is 0. The molecule has 0 bridgehead atoms. The summed E-state index contributed by atoms with van der Waals surface area (Å²) in [6.45, 7) is 0. The van der Waals surface area contributed by atoms with Gasteiger partial charge in [0.25, 0.3) is 5.78 Å². The maximum atomic E-state index is 12.6. The summed E-state index contributed by atoms with van der Waals surface area (Å²) >= 11 is 3.03. The fourth-order valence-corrected chi connectivity index (χ4v) is 2.94. The van der Waals surface area contributed by atoms with Crippen molar-refractivity contribution in [2.75, 3.05) is 0 Å². The summed E-state index contributed by atoms with van der Waals surface area (Å²) in [5.74, 6) is -0.253. The number of nitrogens with zero attached hydrogens (tertiary/aromatic N) is 1. The third kappa shape index (κ3) is 2.03. The average Bonchev–Trinajstić information content (AvgIpc) is 2.51. The number of hydrogen-bond acceptors (Lipinski definition) is 4. The van der Waals surface area contributed by atoms with Crippen molar-refractivity contribution in [1.82, 2.24) is 0 Å². The van der Waals surface area contributed by atoms with Crippen LogP contribution in [0.15, 0.2) is 54.6 Å². The molecule has 3 rings (SSSR count). The fraction of sp³-hybridized carbons (Fsp3) is 0.133. The lowest BCUT2D eigenvalue weighted by Crippen LogP contribution is -2.50. The van der Waals surface area contributed by atoms with Crippen molar-refractivity contribution in [3.63, 3.8) is 0 Å². The van der Waals surface area contributed by atoms with Crippen LogP contribution in [0, 0.1) is 10.1 Å². The number of ether oxygens (including phenoxy) is 1. The van der Waals surface area contributed by atoms with Gasteiger partial charge in [0.05, 0.1) is 10.5 Å². The molecule has 106 valence electrons. The monoisotopic (exact) mass is 347 g/mol. The summed E-state index contributed by atoms with van der Waals surface area (Å²) < 4.78 is 3.73. The maximum absolute atomic E-state index is 12.6. The number of para-hydroxylation sites is 1. The lowest BCUT2D eigenvalue weighted by atomic mass is 9.91. The summed E-state index contributed by atoms with van der Waals surface area (Å²) in [6.07, 6.45) is -1.03. The first-order valence-electron chi connectivity index (χ1n) is 6.24. The van der Waals surface area contributed by atoms with E-state index in [9.17, 15) is 14.9 Å². The number of halogens is 1. The number of alkyl halides is 1. The Morgan fingerprint density at radius 3 is 2.38 bits per heavy atom. The van der Waals surface area contributed by atoms with Crippen LogP contribution in [0.3, 0.4) is 0 Å². The van der Waals surface area contributed by atoms with Crippen LogP contribution >= 0.6 is 15.9 Å². The van der Waals surface area contributed by atoms with E-state index >= 15 is 0 Å². The van der Waals surface area contributed by atoms with Gasteiger partial charge in [-0.05, 0) is 12.1 Å². The van der Waals surface area contributed by atoms with E-state index in [2.05, 4.69) is 15.9 Å². The highest BCUT2D eigenvalue weighted by Crippen LogP contribution is 2.46. The van der Waals surface area contributed by atoms with E-state index in [-0.39, 0.29) is 5.56 Å². The molecule has 0 N–H and O–H groups in total. The number of rotatable bonds is 2. The molecule has 0 radical (unpaired) electrons. The molecule has 1 aliphatic heterocycles. The zero-order valence-electron chi connectivity index (χ0n) is 10.7. The second-order valence-corrected chi connectivity index (χ2v) is 5.87. The molecule has 2 aromatic carbocycles. The molecule has 2 aromatic rings. The number of fused-ring (bicyclic) bond motifs is 1. The van der Waals surface area contributed by atoms with Crippen molar-refractivity contribution in [3.8, 4) is 5.75 Å². The zero-order chi connectivity index (χ0) is 15.0. The second kappa shape index (κ2) is 4.96. The van der Waals surface area contributed by atoms with E-state index in [1.165, 1.54) is 6.07 Å². The quantitative estimate of drug-likeness (QED) is 0.361. The Balaban J connectivity index is 2.20. The minimum Gasteiger partial charge on any atom is -0.476 e. The van der Waals surface area contributed by atoms with Crippen LogP contribution in [0.25, 0.3) is 0 Å². The van der Waals surface area contributed by atoms with E-state index in [0.29, 0.717) is 11.3 Å². The molecule has 5 nitrogen and oxygen atoms in total. The first-order chi connectivity index (χ1) is 10.0. The van der Waals surface area contributed by atoms with Gasteiger partial charge in [-0.2, -0.15) is 0 Å². The number of hydrogen-bond donors (Lipinski definition) is 0. The van der Waals surface area contributed by atoms with E-state index in [4.69, 9.17) is 4.74 Å². The SMILES string of the molecule is O=C1c2ccccc2OC(c2ccccc2)C1(Br)[N+](=O)[O-]. The van der Waals surface area contributed by atoms with E-state index in [1.54, 1.807) is 48.5 Å². The Kier molecular flexibility index (Phi) is 3.25. The van der Waals surface area contributed by atoms with E-state index in [0.717, 1.165) is 0 Å². The largest absolute Gasteiger partial charge is 0.476 e. The molecule has 0 saturated heterocycles. The van der Waals surface area contributed by atoms with Crippen molar-refractivity contribution < 1.29 is 14.5 Å². The van der Waals surface area contributed by atoms with Crippen molar-refractivity contribution in [2.45, 2.75) is 10.6 Å². The van der Waals surface area contributed by atoms with Gasteiger partial charge in [0.2, 0.25) is 6.10 Å². The van der Waals surface area contributed by atoms with E-state index in [1.807, 2.05) is 0 Å². The topological polar surface area (TPSA) is 69.4 Å². The first kappa shape index (κ1) is 13.8. The Labute approximate surface area is 128 Å². The third-order valence-electron chi connectivity index (χ3n) is 3.41. The number of benzene rings is 2. The van der Waals surface area contributed by atoms with Gasteiger partial charge >= 0.3 is 4.45 Å². The summed E-state index contributed by atoms with van der Waals surface area (Å²) in [6, 6.07) is 15.2. The Morgan fingerprint density at radius 1 is 1.10 bits per heavy atom. The lowest BCUT2D eigenvalue weighted by molar-refractivity contribution is -0.529. The highest BCUT2D eigenvalue weighted by molar-refractivity contribution is 9.10. The van der Waals surface area contributed by atoms with Gasteiger partial charge in [-0.3, -0.25) is 14.9 Å². The maximum Gasteiger partial charge on any atom is 0.376 e. The van der Waals surface area contributed by atoms with Gasteiger partial charge in [0, 0.05) is 21.5 Å². The van der Waals surface area contributed by atoms with E-state index < -0.39 is 21.3 Å². The average molecular weight is 348 g/mol. The van der Waals surface area contributed by atoms with Gasteiger partial charge in [-0.1, -0.05) is 42.5 Å². The molecule has 0 saturated carbocycles. The van der Waals surface area contributed by atoms with Crippen LogP contribution in [-0.4, -0.2) is 15.2 Å². The zero-order valence-corrected chi connectivity index (χ0v) is 12.3. The van der Waals surface area contributed by atoms with Crippen LogP contribution in [0.4, 0.5) is 0 Å². The third-order valence-corrected chi connectivity index (χ3v) is 4.48. The molecular formula is C15H10BrNO4. The van der Waals surface area contributed by atoms with Gasteiger partial charge in [-0.15, -0.1) is 0 Å². The lowest BCUT2D eigenvalue weighted by Gasteiger charge is -2.32. The minimum atomic E-state index is -2.03. The first-order valence-corrected chi connectivity index (χ1v) is 7.03.